The minimum absolute atomic E-state index is 0. The van der Waals surface area contributed by atoms with Crippen molar-refractivity contribution in [1.29, 1.82) is 0 Å². The van der Waals surface area contributed by atoms with Crippen LogP contribution in [0.2, 0.25) is 0 Å². The Hall–Kier alpha value is -0.790. The largest absolute Gasteiger partial charge is 0.444 e. The fraction of sp³-hybridized carbons (Fsp3) is 0.765. The zero-order valence-electron chi connectivity index (χ0n) is 14.8. The Kier molecular flexibility index (Phi) is 8.94. The number of guanidine groups is 1. The van der Waals surface area contributed by atoms with E-state index in [0.29, 0.717) is 12.4 Å². The highest BCUT2D eigenvalue weighted by atomic mass is 127. The smallest absolute Gasteiger partial charge is 0.214 e. The van der Waals surface area contributed by atoms with E-state index in [2.05, 4.69) is 27.5 Å². The number of hydrogen-bond acceptors (Lipinski definition) is 3. The second kappa shape index (κ2) is 10.2. The topological polar surface area (TPSA) is 62.5 Å². The van der Waals surface area contributed by atoms with Gasteiger partial charge in [-0.05, 0) is 38.5 Å². The van der Waals surface area contributed by atoms with E-state index in [1.54, 1.807) is 7.05 Å². The van der Waals surface area contributed by atoms with E-state index in [1.165, 1.54) is 32.1 Å². The lowest BCUT2D eigenvalue weighted by molar-refractivity contribution is 0.269. The summed E-state index contributed by atoms with van der Waals surface area (Å²) in [6, 6.07) is 0. The predicted octanol–water partition coefficient (Wildman–Crippen LogP) is 3.79. The van der Waals surface area contributed by atoms with Crippen LogP contribution >= 0.6 is 24.0 Å². The van der Waals surface area contributed by atoms with Crippen LogP contribution in [0.3, 0.4) is 0 Å². The fourth-order valence-electron chi connectivity index (χ4n) is 3.08. The zero-order chi connectivity index (χ0) is 15.9. The lowest BCUT2D eigenvalue weighted by Crippen LogP contribution is -2.40. The number of hydrogen-bond donors (Lipinski definition) is 2. The average Bonchev–Trinajstić information content (AvgIpc) is 2.86. The van der Waals surface area contributed by atoms with Gasteiger partial charge in [0.1, 0.15) is 5.76 Å². The summed E-state index contributed by atoms with van der Waals surface area (Å²) in [5, 5.41) is 6.70. The Balaban J connectivity index is 0.00000264. The lowest BCUT2D eigenvalue weighted by Gasteiger charge is -2.28. The van der Waals surface area contributed by atoms with Crippen molar-refractivity contribution >= 4 is 29.9 Å². The van der Waals surface area contributed by atoms with Crippen molar-refractivity contribution < 1.29 is 4.42 Å². The number of nitrogens with one attached hydrogen (secondary N) is 2. The monoisotopic (exact) mass is 434 g/mol. The zero-order valence-corrected chi connectivity index (χ0v) is 17.1. The van der Waals surface area contributed by atoms with Crippen LogP contribution in [0.4, 0.5) is 0 Å². The Morgan fingerprint density at radius 2 is 1.83 bits per heavy atom. The number of aliphatic imine (C=N–C) groups is 1. The van der Waals surface area contributed by atoms with Crippen molar-refractivity contribution in [3.8, 4) is 0 Å². The molecule has 1 aromatic rings. The summed E-state index contributed by atoms with van der Waals surface area (Å²) < 4.78 is 5.57. The first-order chi connectivity index (χ1) is 10.6. The molecule has 6 heteroatoms. The molecule has 0 unspecified atom stereocenters. The van der Waals surface area contributed by atoms with Crippen LogP contribution in [0.25, 0.3) is 0 Å². The molecule has 0 atom stereocenters. The Labute approximate surface area is 157 Å². The molecular weight excluding hydrogens is 403 g/mol. The first kappa shape index (κ1) is 20.3. The normalized spacial score (nSPS) is 21.7. The molecule has 1 aromatic heterocycles. The van der Waals surface area contributed by atoms with E-state index in [1.807, 2.05) is 13.8 Å². The molecule has 0 radical (unpaired) electrons. The third-order valence-corrected chi connectivity index (χ3v) is 4.81. The predicted molar refractivity (Wildman–Crippen MR) is 105 cm³/mol. The van der Waals surface area contributed by atoms with E-state index < -0.39 is 0 Å². The highest BCUT2D eigenvalue weighted by Gasteiger charge is 2.20. The summed E-state index contributed by atoms with van der Waals surface area (Å²) in [6.07, 6.45) is 6.76. The van der Waals surface area contributed by atoms with Gasteiger partial charge in [-0.3, -0.25) is 4.99 Å². The van der Waals surface area contributed by atoms with E-state index in [4.69, 9.17) is 4.42 Å². The summed E-state index contributed by atoms with van der Waals surface area (Å²) in [6.45, 7) is 7.77. The van der Waals surface area contributed by atoms with Crippen LogP contribution in [0.15, 0.2) is 9.41 Å². The molecule has 1 saturated carbocycles. The van der Waals surface area contributed by atoms with Gasteiger partial charge in [0.05, 0.1) is 12.2 Å². The van der Waals surface area contributed by atoms with E-state index >= 15 is 0 Å². The van der Waals surface area contributed by atoms with Gasteiger partial charge >= 0.3 is 0 Å². The van der Waals surface area contributed by atoms with E-state index in [0.717, 1.165) is 35.8 Å². The van der Waals surface area contributed by atoms with Crippen LogP contribution in [0, 0.1) is 25.7 Å². The Morgan fingerprint density at radius 1 is 1.17 bits per heavy atom. The van der Waals surface area contributed by atoms with Crippen LogP contribution in [0.5, 0.6) is 0 Å². The third kappa shape index (κ3) is 6.31. The van der Waals surface area contributed by atoms with Crippen LogP contribution < -0.4 is 10.6 Å². The number of oxazole rings is 1. The fourth-order valence-corrected chi connectivity index (χ4v) is 3.08. The number of halogens is 1. The van der Waals surface area contributed by atoms with Crippen molar-refractivity contribution in [3.63, 3.8) is 0 Å². The summed E-state index contributed by atoms with van der Waals surface area (Å²) in [5.41, 5.74) is 0.951. The highest BCUT2D eigenvalue weighted by Crippen LogP contribution is 2.29. The van der Waals surface area contributed by atoms with Gasteiger partial charge in [-0.2, -0.15) is 0 Å². The quantitative estimate of drug-likeness (QED) is 0.421. The van der Waals surface area contributed by atoms with Crippen molar-refractivity contribution in [2.45, 2.75) is 59.4 Å². The van der Waals surface area contributed by atoms with Gasteiger partial charge in [0.2, 0.25) is 5.89 Å². The molecule has 0 amide bonds. The van der Waals surface area contributed by atoms with Crippen LogP contribution in [-0.2, 0) is 6.54 Å². The summed E-state index contributed by atoms with van der Waals surface area (Å²) >= 11 is 0. The minimum atomic E-state index is 0. The first-order valence-corrected chi connectivity index (χ1v) is 8.49. The first-order valence-electron chi connectivity index (χ1n) is 8.49. The van der Waals surface area contributed by atoms with Gasteiger partial charge in [0.15, 0.2) is 5.96 Å². The highest BCUT2D eigenvalue weighted by molar-refractivity contribution is 14.0. The number of aryl methyl sites for hydroxylation is 2. The molecule has 2 N–H and O–H groups in total. The molecule has 0 spiro atoms. The molecule has 5 nitrogen and oxygen atoms in total. The SMILES string of the molecule is CCC1CCC(CNC(=NC)NCc2nc(C)c(C)o2)CC1.I. The van der Waals surface area contributed by atoms with Crippen molar-refractivity contribution in [3.05, 3.63) is 17.3 Å². The molecule has 0 saturated heterocycles. The maximum Gasteiger partial charge on any atom is 0.214 e. The van der Waals surface area contributed by atoms with Crippen molar-refractivity contribution in [2.75, 3.05) is 13.6 Å². The number of nitrogens with zero attached hydrogens (tertiary/aromatic N) is 2. The van der Waals surface area contributed by atoms with Crippen LogP contribution in [-0.4, -0.2) is 24.5 Å². The van der Waals surface area contributed by atoms with Crippen molar-refractivity contribution in [2.24, 2.45) is 16.8 Å². The molecule has 132 valence electrons. The van der Waals surface area contributed by atoms with Crippen LogP contribution in [0.1, 0.15) is 56.4 Å². The molecule has 2 rings (SSSR count). The van der Waals surface area contributed by atoms with Gasteiger partial charge in [0.25, 0.3) is 0 Å². The maximum absolute atomic E-state index is 5.57. The molecule has 1 heterocycles. The average molecular weight is 434 g/mol. The second-order valence-corrected chi connectivity index (χ2v) is 6.35. The molecule has 1 aliphatic carbocycles. The molecule has 0 bridgehead atoms. The van der Waals surface area contributed by atoms with Gasteiger partial charge < -0.3 is 15.1 Å². The molecule has 23 heavy (non-hydrogen) atoms. The molecule has 0 aromatic carbocycles. The van der Waals surface area contributed by atoms with Gasteiger partial charge in [-0.15, -0.1) is 24.0 Å². The maximum atomic E-state index is 5.57. The summed E-state index contributed by atoms with van der Waals surface area (Å²) in [5.74, 6) is 4.14. The molecule has 0 aliphatic heterocycles. The Morgan fingerprint density at radius 3 is 2.35 bits per heavy atom. The summed E-state index contributed by atoms with van der Waals surface area (Å²) in [4.78, 5) is 8.65. The number of aromatic nitrogens is 1. The Bertz CT molecular complexity index is 473. The minimum Gasteiger partial charge on any atom is -0.444 e. The standard InChI is InChI=1S/C17H30N4O.HI/c1-5-14-6-8-15(9-7-14)10-19-17(18-4)20-11-16-21-12(2)13(3)22-16;/h14-15H,5-11H2,1-4H3,(H2,18,19,20);1H. The molecule has 1 aliphatic rings. The number of rotatable bonds is 5. The lowest BCUT2D eigenvalue weighted by atomic mass is 9.81. The van der Waals surface area contributed by atoms with Crippen molar-refractivity contribution in [1.82, 2.24) is 15.6 Å². The molecule has 1 fully saturated rings. The van der Waals surface area contributed by atoms with E-state index in [-0.39, 0.29) is 24.0 Å². The van der Waals surface area contributed by atoms with Gasteiger partial charge in [-0.1, -0.05) is 26.2 Å². The third-order valence-electron chi connectivity index (χ3n) is 4.81. The van der Waals surface area contributed by atoms with Gasteiger partial charge in [-0.25, -0.2) is 4.98 Å². The van der Waals surface area contributed by atoms with E-state index in [9.17, 15) is 0 Å². The molecular formula is C17H31IN4O. The summed E-state index contributed by atoms with van der Waals surface area (Å²) in [7, 11) is 1.80. The second-order valence-electron chi connectivity index (χ2n) is 6.35. The van der Waals surface area contributed by atoms with Gasteiger partial charge in [0, 0.05) is 13.6 Å².